The van der Waals surface area contributed by atoms with Gasteiger partial charge in [0.1, 0.15) is 11.4 Å². The van der Waals surface area contributed by atoms with Gasteiger partial charge in [-0.1, -0.05) is 12.1 Å². The van der Waals surface area contributed by atoms with Crippen molar-refractivity contribution in [2.75, 3.05) is 0 Å². The molecule has 19 heavy (non-hydrogen) atoms. The Bertz CT molecular complexity index is 605. The summed E-state index contributed by atoms with van der Waals surface area (Å²) in [7, 11) is 1.69. The summed E-state index contributed by atoms with van der Waals surface area (Å²) in [6.45, 7) is 0. The highest BCUT2D eigenvalue weighted by molar-refractivity contribution is 6.07. The minimum absolute atomic E-state index is 0.0837. The van der Waals surface area contributed by atoms with E-state index in [1.807, 2.05) is 0 Å². The van der Waals surface area contributed by atoms with E-state index in [-0.39, 0.29) is 11.3 Å². The molecule has 0 fully saturated rings. The van der Waals surface area contributed by atoms with Crippen molar-refractivity contribution in [1.82, 2.24) is 9.55 Å². The standard InChI is InChI=1S/C12H9F3N2O2/c1-17-6-10(16-7-17)11(18)8-3-2-4-9(5-8)19-12(13,14)15/h2-7H,1H3. The number of imidazole rings is 1. The van der Waals surface area contributed by atoms with Gasteiger partial charge in [-0.25, -0.2) is 4.98 Å². The van der Waals surface area contributed by atoms with Crippen LogP contribution < -0.4 is 4.74 Å². The van der Waals surface area contributed by atoms with Gasteiger partial charge in [0, 0.05) is 18.8 Å². The highest BCUT2D eigenvalue weighted by Crippen LogP contribution is 2.24. The summed E-state index contributed by atoms with van der Waals surface area (Å²) in [6, 6.07) is 4.88. The fraction of sp³-hybridized carbons (Fsp3) is 0.167. The molecule has 0 bridgehead atoms. The molecule has 1 heterocycles. The van der Waals surface area contributed by atoms with E-state index in [2.05, 4.69) is 9.72 Å². The zero-order valence-corrected chi connectivity index (χ0v) is 9.81. The smallest absolute Gasteiger partial charge is 0.406 e. The van der Waals surface area contributed by atoms with Crippen LogP contribution in [0.25, 0.3) is 0 Å². The van der Waals surface area contributed by atoms with Crippen molar-refractivity contribution < 1.29 is 22.7 Å². The van der Waals surface area contributed by atoms with Crippen molar-refractivity contribution in [3.63, 3.8) is 0 Å². The van der Waals surface area contributed by atoms with Gasteiger partial charge in [-0.3, -0.25) is 4.79 Å². The maximum atomic E-state index is 12.1. The number of aromatic nitrogens is 2. The molecule has 0 saturated carbocycles. The summed E-state index contributed by atoms with van der Waals surface area (Å²) >= 11 is 0. The maximum Gasteiger partial charge on any atom is 0.573 e. The third-order valence-electron chi connectivity index (χ3n) is 2.27. The van der Waals surface area contributed by atoms with E-state index >= 15 is 0 Å². The van der Waals surface area contributed by atoms with Crippen LogP contribution in [0.2, 0.25) is 0 Å². The zero-order chi connectivity index (χ0) is 14.0. The average Bonchev–Trinajstić information content (AvgIpc) is 2.73. The number of halogens is 3. The lowest BCUT2D eigenvalue weighted by Crippen LogP contribution is -2.17. The van der Waals surface area contributed by atoms with Gasteiger partial charge in [0.05, 0.1) is 6.33 Å². The van der Waals surface area contributed by atoms with Crippen LogP contribution in [0.3, 0.4) is 0 Å². The summed E-state index contributed by atoms with van der Waals surface area (Å²) < 4.78 is 41.6. The van der Waals surface area contributed by atoms with Crippen molar-refractivity contribution in [2.24, 2.45) is 7.05 Å². The predicted molar refractivity (Wildman–Crippen MR) is 59.8 cm³/mol. The summed E-state index contributed by atoms with van der Waals surface area (Å²) in [5.74, 6) is -0.900. The van der Waals surface area contributed by atoms with Crippen molar-refractivity contribution in [2.45, 2.75) is 6.36 Å². The molecular formula is C12H9F3N2O2. The topological polar surface area (TPSA) is 44.1 Å². The molecule has 2 aromatic rings. The van der Waals surface area contributed by atoms with Gasteiger partial charge in [-0.05, 0) is 12.1 Å². The van der Waals surface area contributed by atoms with Crippen LogP contribution in [0, 0.1) is 0 Å². The Hall–Kier alpha value is -2.31. The molecule has 0 aliphatic heterocycles. The van der Waals surface area contributed by atoms with Gasteiger partial charge < -0.3 is 9.30 Å². The molecule has 0 radical (unpaired) electrons. The quantitative estimate of drug-likeness (QED) is 0.805. The van der Waals surface area contributed by atoms with Crippen LogP contribution in [-0.2, 0) is 7.05 Å². The SMILES string of the molecule is Cn1cnc(C(=O)c2cccc(OC(F)(F)F)c2)c1. The Morgan fingerprint density at radius 1 is 1.37 bits per heavy atom. The summed E-state index contributed by atoms with van der Waals surface area (Å²) in [5.41, 5.74) is 0.243. The molecular weight excluding hydrogens is 261 g/mol. The second-order valence-corrected chi connectivity index (χ2v) is 3.83. The maximum absolute atomic E-state index is 12.1. The molecule has 0 aliphatic rings. The van der Waals surface area contributed by atoms with Crippen molar-refractivity contribution in [1.29, 1.82) is 0 Å². The molecule has 0 spiro atoms. The molecule has 0 saturated heterocycles. The number of ketones is 1. The molecule has 1 aromatic carbocycles. The number of ether oxygens (including phenoxy) is 1. The van der Waals surface area contributed by atoms with Gasteiger partial charge in [0.25, 0.3) is 0 Å². The molecule has 0 aliphatic carbocycles. The summed E-state index contributed by atoms with van der Waals surface area (Å²) in [5, 5.41) is 0. The van der Waals surface area contributed by atoms with Gasteiger partial charge in [-0.2, -0.15) is 0 Å². The lowest BCUT2D eigenvalue weighted by Gasteiger charge is -2.09. The minimum Gasteiger partial charge on any atom is -0.406 e. The molecule has 0 N–H and O–H groups in total. The fourth-order valence-electron chi connectivity index (χ4n) is 1.51. The number of hydrogen-bond donors (Lipinski definition) is 0. The number of aryl methyl sites for hydroxylation is 1. The van der Waals surface area contributed by atoms with Crippen molar-refractivity contribution in [3.8, 4) is 5.75 Å². The number of benzene rings is 1. The van der Waals surface area contributed by atoms with E-state index in [4.69, 9.17) is 0 Å². The second-order valence-electron chi connectivity index (χ2n) is 3.83. The molecule has 1 aromatic heterocycles. The molecule has 7 heteroatoms. The van der Waals surface area contributed by atoms with E-state index in [0.717, 1.165) is 12.1 Å². The zero-order valence-electron chi connectivity index (χ0n) is 9.81. The first-order chi connectivity index (χ1) is 8.85. The summed E-state index contributed by atoms with van der Waals surface area (Å²) in [6.07, 6.45) is -1.87. The Labute approximate surface area is 106 Å². The Morgan fingerprint density at radius 3 is 2.68 bits per heavy atom. The van der Waals surface area contributed by atoms with Crippen LogP contribution >= 0.6 is 0 Å². The fourth-order valence-corrected chi connectivity index (χ4v) is 1.51. The van der Waals surface area contributed by atoms with E-state index in [1.54, 1.807) is 11.6 Å². The number of carbonyl (C=O) groups excluding carboxylic acids is 1. The van der Waals surface area contributed by atoms with E-state index in [0.29, 0.717) is 0 Å². The molecule has 0 atom stereocenters. The van der Waals surface area contributed by atoms with E-state index in [1.165, 1.54) is 24.7 Å². The number of hydrogen-bond acceptors (Lipinski definition) is 3. The van der Waals surface area contributed by atoms with Gasteiger partial charge in [0.2, 0.25) is 5.78 Å². The Kier molecular flexibility index (Phi) is 3.28. The first-order valence-electron chi connectivity index (χ1n) is 5.23. The second kappa shape index (κ2) is 4.75. The monoisotopic (exact) mass is 270 g/mol. The first-order valence-corrected chi connectivity index (χ1v) is 5.23. The largest absolute Gasteiger partial charge is 0.573 e. The highest BCUT2D eigenvalue weighted by Gasteiger charge is 2.31. The number of alkyl halides is 3. The van der Waals surface area contributed by atoms with Crippen LogP contribution in [0.5, 0.6) is 5.75 Å². The lowest BCUT2D eigenvalue weighted by molar-refractivity contribution is -0.274. The van der Waals surface area contributed by atoms with E-state index < -0.39 is 17.9 Å². The van der Waals surface area contributed by atoms with Crippen LogP contribution in [0.15, 0.2) is 36.8 Å². The Morgan fingerprint density at radius 2 is 2.11 bits per heavy atom. The molecule has 0 amide bonds. The summed E-state index contributed by atoms with van der Waals surface area (Å²) in [4.78, 5) is 15.8. The molecule has 4 nitrogen and oxygen atoms in total. The average molecular weight is 270 g/mol. The first kappa shape index (κ1) is 13.1. The van der Waals surface area contributed by atoms with Gasteiger partial charge >= 0.3 is 6.36 Å². The molecule has 100 valence electrons. The third kappa shape index (κ3) is 3.34. The normalized spacial score (nSPS) is 11.4. The number of carbonyl (C=O) groups is 1. The molecule has 2 rings (SSSR count). The molecule has 0 unspecified atom stereocenters. The van der Waals surface area contributed by atoms with Gasteiger partial charge in [-0.15, -0.1) is 13.2 Å². The van der Waals surface area contributed by atoms with Crippen LogP contribution in [-0.4, -0.2) is 21.7 Å². The number of nitrogens with zero attached hydrogens (tertiary/aromatic N) is 2. The minimum atomic E-state index is -4.79. The highest BCUT2D eigenvalue weighted by atomic mass is 19.4. The number of rotatable bonds is 3. The van der Waals surface area contributed by atoms with Gasteiger partial charge in [0.15, 0.2) is 0 Å². The van der Waals surface area contributed by atoms with Crippen molar-refractivity contribution >= 4 is 5.78 Å². The lowest BCUT2D eigenvalue weighted by atomic mass is 10.1. The van der Waals surface area contributed by atoms with E-state index in [9.17, 15) is 18.0 Å². The van der Waals surface area contributed by atoms with Crippen LogP contribution in [0.1, 0.15) is 16.1 Å². The third-order valence-corrected chi connectivity index (χ3v) is 2.27. The predicted octanol–water partition coefficient (Wildman–Crippen LogP) is 2.55. The van der Waals surface area contributed by atoms with Crippen molar-refractivity contribution in [3.05, 3.63) is 48.0 Å². The Balaban J connectivity index is 2.26. The van der Waals surface area contributed by atoms with Crippen LogP contribution in [0.4, 0.5) is 13.2 Å².